The number of amides is 1. The highest BCUT2D eigenvalue weighted by molar-refractivity contribution is 6.31. The minimum Gasteiger partial charge on any atom is -0.451 e. The van der Waals surface area contributed by atoms with Crippen LogP contribution in [0.1, 0.15) is 68.5 Å². The highest BCUT2D eigenvalue weighted by atomic mass is 35.5. The Morgan fingerprint density at radius 2 is 1.79 bits per heavy atom. The molecule has 4 aliphatic carbocycles. The van der Waals surface area contributed by atoms with Crippen molar-refractivity contribution in [1.29, 1.82) is 0 Å². The molecule has 0 radical (unpaired) electrons. The topological polar surface area (TPSA) is 42.2 Å². The summed E-state index contributed by atoms with van der Waals surface area (Å²) in [6.07, 6.45) is 7.24. The number of furan rings is 1. The lowest BCUT2D eigenvalue weighted by Crippen LogP contribution is -2.65. The largest absolute Gasteiger partial charge is 0.451 e. The van der Waals surface area contributed by atoms with Gasteiger partial charge in [0.1, 0.15) is 5.76 Å². The van der Waals surface area contributed by atoms with Crippen molar-refractivity contribution in [2.24, 2.45) is 16.7 Å². The van der Waals surface area contributed by atoms with Crippen LogP contribution < -0.4 is 5.32 Å². The maximum absolute atomic E-state index is 13.1. The molecule has 0 aliphatic heterocycles. The molecule has 28 heavy (non-hydrogen) atoms. The zero-order valence-corrected chi connectivity index (χ0v) is 17.7. The average molecular weight is 398 g/mol. The molecule has 148 valence electrons. The summed E-state index contributed by atoms with van der Waals surface area (Å²) >= 11 is 6.24. The summed E-state index contributed by atoms with van der Waals surface area (Å²) in [5.74, 6) is 1.72. The van der Waals surface area contributed by atoms with E-state index in [2.05, 4.69) is 19.2 Å². The van der Waals surface area contributed by atoms with Crippen LogP contribution in [0, 0.1) is 23.7 Å². The molecule has 4 heteroatoms. The summed E-state index contributed by atoms with van der Waals surface area (Å²) in [5.41, 5.74) is 2.59. The van der Waals surface area contributed by atoms with Crippen molar-refractivity contribution in [1.82, 2.24) is 5.32 Å². The Labute approximate surface area is 171 Å². The lowest BCUT2D eigenvalue weighted by atomic mass is 9.43. The summed E-state index contributed by atoms with van der Waals surface area (Å²) in [4.78, 5) is 13.1. The fourth-order valence-electron chi connectivity index (χ4n) is 7.25. The molecule has 2 aromatic rings. The van der Waals surface area contributed by atoms with Crippen molar-refractivity contribution in [3.63, 3.8) is 0 Å². The van der Waals surface area contributed by atoms with Gasteiger partial charge in [0.15, 0.2) is 5.76 Å². The molecular weight excluding hydrogens is 370 g/mol. The second kappa shape index (κ2) is 5.89. The Kier molecular flexibility index (Phi) is 3.85. The van der Waals surface area contributed by atoms with Gasteiger partial charge in [-0.1, -0.05) is 37.6 Å². The maximum atomic E-state index is 13.1. The number of carbonyl (C=O) groups excluding carboxylic acids is 1. The van der Waals surface area contributed by atoms with Gasteiger partial charge < -0.3 is 9.73 Å². The van der Waals surface area contributed by atoms with E-state index in [0.29, 0.717) is 27.4 Å². The molecule has 1 heterocycles. The van der Waals surface area contributed by atoms with Crippen LogP contribution in [0.5, 0.6) is 0 Å². The number of carbonyl (C=O) groups is 1. The number of rotatable bonds is 3. The van der Waals surface area contributed by atoms with Crippen LogP contribution in [0.4, 0.5) is 0 Å². The third-order valence-electron chi connectivity index (χ3n) is 7.29. The van der Waals surface area contributed by atoms with Gasteiger partial charge in [0.25, 0.3) is 5.91 Å². The summed E-state index contributed by atoms with van der Waals surface area (Å²) in [6, 6.07) is 9.47. The van der Waals surface area contributed by atoms with Crippen molar-refractivity contribution in [3.8, 4) is 11.3 Å². The van der Waals surface area contributed by atoms with Gasteiger partial charge >= 0.3 is 0 Å². The standard InChI is InChI=1S/C24H28ClNO2/c1-15-4-5-17(8-18(15)25)19-6-7-20(28-19)21(27)26-24-11-16-9-22(2,13-24)12-23(3,10-16)14-24/h4-8,16H,9-14H2,1-3H3,(H,26,27)/t16?,22-,23+,24?. The monoisotopic (exact) mass is 397 g/mol. The second-order valence-electron chi connectivity index (χ2n) is 10.5. The van der Waals surface area contributed by atoms with E-state index in [1.807, 2.05) is 31.2 Å². The number of hydrogen-bond donors (Lipinski definition) is 1. The Bertz CT molecular complexity index is 943. The first-order chi connectivity index (χ1) is 13.2. The molecule has 6 rings (SSSR count). The van der Waals surface area contributed by atoms with E-state index in [4.69, 9.17) is 16.0 Å². The number of aryl methyl sites for hydroxylation is 1. The van der Waals surface area contributed by atoms with Crippen molar-refractivity contribution in [2.45, 2.75) is 64.8 Å². The summed E-state index contributed by atoms with van der Waals surface area (Å²) in [7, 11) is 0. The molecule has 4 saturated carbocycles. The van der Waals surface area contributed by atoms with E-state index >= 15 is 0 Å². The van der Waals surface area contributed by atoms with Crippen molar-refractivity contribution in [3.05, 3.63) is 46.7 Å². The number of halogens is 1. The minimum absolute atomic E-state index is 0.0693. The second-order valence-corrected chi connectivity index (χ2v) is 10.9. The van der Waals surface area contributed by atoms with Crippen molar-refractivity contribution >= 4 is 17.5 Å². The first-order valence-corrected chi connectivity index (χ1v) is 10.7. The lowest BCUT2D eigenvalue weighted by molar-refractivity contribution is -0.114. The summed E-state index contributed by atoms with van der Waals surface area (Å²) in [6.45, 7) is 6.81. The molecule has 4 bridgehead atoms. The smallest absolute Gasteiger partial charge is 0.287 e. The molecule has 3 nitrogen and oxygen atoms in total. The van der Waals surface area contributed by atoms with E-state index in [1.54, 1.807) is 6.07 Å². The van der Waals surface area contributed by atoms with E-state index in [-0.39, 0.29) is 11.4 Å². The van der Waals surface area contributed by atoms with Crippen LogP contribution >= 0.6 is 11.6 Å². The molecular formula is C24H28ClNO2. The molecule has 1 aromatic carbocycles. The minimum atomic E-state index is -0.0846. The van der Waals surface area contributed by atoms with Gasteiger partial charge in [-0.2, -0.15) is 0 Å². The quantitative estimate of drug-likeness (QED) is 0.652. The summed E-state index contributed by atoms with van der Waals surface area (Å²) in [5, 5.41) is 4.12. The van der Waals surface area contributed by atoms with Crippen molar-refractivity contribution in [2.75, 3.05) is 0 Å². The zero-order valence-electron chi connectivity index (χ0n) is 16.9. The first kappa shape index (κ1) is 18.3. The van der Waals surface area contributed by atoms with Gasteiger partial charge in [0.05, 0.1) is 0 Å². The number of benzene rings is 1. The zero-order chi connectivity index (χ0) is 19.7. The Hall–Kier alpha value is -1.74. The van der Waals surface area contributed by atoms with E-state index in [0.717, 1.165) is 36.3 Å². The van der Waals surface area contributed by atoms with Gasteiger partial charge in [0, 0.05) is 16.1 Å². The predicted octanol–water partition coefficient (Wildman–Crippen LogP) is 6.39. The molecule has 0 saturated heterocycles. The van der Waals surface area contributed by atoms with Crippen LogP contribution in [-0.4, -0.2) is 11.4 Å². The molecule has 4 fully saturated rings. The maximum Gasteiger partial charge on any atom is 0.287 e. The molecule has 0 spiro atoms. The average Bonchev–Trinajstić information content (AvgIpc) is 3.03. The van der Waals surface area contributed by atoms with Gasteiger partial charge in [0.2, 0.25) is 0 Å². The number of nitrogens with one attached hydrogen (secondary N) is 1. The van der Waals surface area contributed by atoms with E-state index in [9.17, 15) is 4.79 Å². The number of hydrogen-bond acceptors (Lipinski definition) is 2. The Balaban J connectivity index is 1.38. The van der Waals surface area contributed by atoms with Gasteiger partial charge in [-0.25, -0.2) is 0 Å². The molecule has 4 atom stereocenters. The molecule has 1 N–H and O–H groups in total. The Morgan fingerprint density at radius 1 is 1.07 bits per heavy atom. The van der Waals surface area contributed by atoms with Crippen LogP contribution in [0.3, 0.4) is 0 Å². The van der Waals surface area contributed by atoms with Crippen LogP contribution in [0.15, 0.2) is 34.7 Å². The lowest BCUT2D eigenvalue weighted by Gasteiger charge is -2.65. The molecule has 2 unspecified atom stereocenters. The first-order valence-electron chi connectivity index (χ1n) is 10.4. The van der Waals surface area contributed by atoms with Gasteiger partial charge in [-0.3, -0.25) is 4.79 Å². The van der Waals surface area contributed by atoms with Crippen LogP contribution in [0.25, 0.3) is 11.3 Å². The SMILES string of the molecule is Cc1ccc(-c2ccc(C(=O)NC34CC5C[C@@](C)(C3)C[C@](C)(C5)C4)o2)cc1Cl. The predicted molar refractivity (Wildman–Crippen MR) is 111 cm³/mol. The summed E-state index contributed by atoms with van der Waals surface area (Å²) < 4.78 is 5.92. The van der Waals surface area contributed by atoms with Gasteiger partial charge in [-0.05, 0) is 86.0 Å². The molecule has 4 aliphatic rings. The van der Waals surface area contributed by atoms with Gasteiger partial charge in [-0.15, -0.1) is 0 Å². The highest BCUT2D eigenvalue weighted by Crippen LogP contribution is 2.66. The van der Waals surface area contributed by atoms with E-state index in [1.165, 1.54) is 19.3 Å². The third-order valence-corrected chi connectivity index (χ3v) is 7.70. The van der Waals surface area contributed by atoms with Crippen molar-refractivity contribution < 1.29 is 9.21 Å². The normalized spacial score (nSPS) is 35.9. The molecule has 1 amide bonds. The van der Waals surface area contributed by atoms with Crippen LogP contribution in [0.2, 0.25) is 5.02 Å². The van der Waals surface area contributed by atoms with E-state index < -0.39 is 0 Å². The molecule has 1 aromatic heterocycles. The Morgan fingerprint density at radius 3 is 2.43 bits per heavy atom. The third kappa shape index (κ3) is 2.99. The van der Waals surface area contributed by atoms with Crippen LogP contribution in [-0.2, 0) is 0 Å². The fourth-order valence-corrected chi connectivity index (χ4v) is 7.43. The highest BCUT2D eigenvalue weighted by Gasteiger charge is 2.60. The fraction of sp³-hybridized carbons (Fsp3) is 0.542.